The number of rotatable bonds is 6. The highest BCUT2D eigenvalue weighted by atomic mass is 127. The van der Waals surface area contributed by atoms with Crippen molar-refractivity contribution in [2.45, 2.75) is 26.3 Å². The molecule has 0 fully saturated rings. The number of carboxylic acids is 1. The Kier molecular flexibility index (Phi) is 5.05. The van der Waals surface area contributed by atoms with Gasteiger partial charge in [0, 0.05) is 22.1 Å². The predicted molar refractivity (Wildman–Crippen MR) is 82.0 cm³/mol. The third-order valence-electron chi connectivity index (χ3n) is 3.12. The zero-order valence-electron chi connectivity index (χ0n) is 11.0. The summed E-state index contributed by atoms with van der Waals surface area (Å²) >= 11 is 2.24. The SMILES string of the molecule is CCC(CC(=O)O)Cn1nnnc1-c1ccccc1I. The molecule has 0 spiro atoms. The molecule has 0 aliphatic rings. The molecule has 0 bridgehead atoms. The molecule has 1 atom stereocenters. The van der Waals surface area contributed by atoms with Crippen LogP contribution in [-0.2, 0) is 11.3 Å². The maximum Gasteiger partial charge on any atom is 0.303 e. The topological polar surface area (TPSA) is 80.9 Å². The number of carbonyl (C=O) groups is 1. The van der Waals surface area contributed by atoms with E-state index in [0.717, 1.165) is 15.6 Å². The van der Waals surface area contributed by atoms with Crippen molar-refractivity contribution >= 4 is 28.6 Å². The van der Waals surface area contributed by atoms with Gasteiger partial charge in [0.25, 0.3) is 0 Å². The lowest BCUT2D eigenvalue weighted by molar-refractivity contribution is -0.138. The van der Waals surface area contributed by atoms with Crippen LogP contribution < -0.4 is 0 Å². The van der Waals surface area contributed by atoms with E-state index in [4.69, 9.17) is 5.11 Å². The molecule has 1 N–H and O–H groups in total. The second kappa shape index (κ2) is 6.78. The molecule has 6 nitrogen and oxygen atoms in total. The summed E-state index contributed by atoms with van der Waals surface area (Å²) in [5.74, 6) is -0.0873. The standard InChI is InChI=1S/C13H15IN4O2/c1-2-9(7-12(19)20)8-18-13(15-16-17-18)10-5-3-4-6-11(10)14/h3-6,9H,2,7-8H2,1H3,(H,19,20). The van der Waals surface area contributed by atoms with Crippen molar-refractivity contribution in [3.63, 3.8) is 0 Å². The Bertz CT molecular complexity index is 600. The molecule has 0 amide bonds. The van der Waals surface area contributed by atoms with E-state index >= 15 is 0 Å². The normalized spacial score (nSPS) is 12.3. The van der Waals surface area contributed by atoms with Gasteiger partial charge in [-0.2, -0.15) is 0 Å². The monoisotopic (exact) mass is 386 g/mol. The number of aromatic nitrogens is 4. The Hall–Kier alpha value is -1.51. The first kappa shape index (κ1) is 14.9. The van der Waals surface area contributed by atoms with Crippen molar-refractivity contribution in [3.8, 4) is 11.4 Å². The van der Waals surface area contributed by atoms with Crippen LogP contribution in [0.4, 0.5) is 0 Å². The van der Waals surface area contributed by atoms with Crippen molar-refractivity contribution in [1.29, 1.82) is 0 Å². The summed E-state index contributed by atoms with van der Waals surface area (Å²) in [7, 11) is 0. The number of hydrogen-bond acceptors (Lipinski definition) is 4. The van der Waals surface area contributed by atoms with Crippen molar-refractivity contribution in [3.05, 3.63) is 27.8 Å². The first-order chi connectivity index (χ1) is 9.61. The fourth-order valence-corrected chi connectivity index (χ4v) is 2.62. The minimum atomic E-state index is -0.791. The van der Waals surface area contributed by atoms with Crippen LogP contribution >= 0.6 is 22.6 Å². The Morgan fingerprint density at radius 2 is 2.20 bits per heavy atom. The lowest BCUT2D eigenvalue weighted by atomic mass is 10.0. The predicted octanol–water partition coefficient (Wildman–Crippen LogP) is 2.45. The van der Waals surface area contributed by atoms with Gasteiger partial charge in [0.2, 0.25) is 0 Å². The number of hydrogen-bond donors (Lipinski definition) is 1. The number of aliphatic carboxylic acids is 1. The molecule has 1 aromatic carbocycles. The third-order valence-corrected chi connectivity index (χ3v) is 4.06. The number of benzene rings is 1. The molecule has 2 aromatic rings. The molecule has 7 heteroatoms. The fourth-order valence-electron chi connectivity index (χ4n) is 1.99. The maximum absolute atomic E-state index is 10.8. The van der Waals surface area contributed by atoms with Gasteiger partial charge in [-0.1, -0.05) is 31.5 Å². The van der Waals surface area contributed by atoms with Gasteiger partial charge < -0.3 is 5.11 Å². The van der Waals surface area contributed by atoms with E-state index in [-0.39, 0.29) is 12.3 Å². The van der Waals surface area contributed by atoms with Crippen molar-refractivity contribution in [2.75, 3.05) is 0 Å². The van der Waals surface area contributed by atoms with Crippen molar-refractivity contribution in [1.82, 2.24) is 20.2 Å². The summed E-state index contributed by atoms with van der Waals surface area (Å²) in [6.45, 7) is 2.49. The van der Waals surface area contributed by atoms with Crippen LogP contribution in [0, 0.1) is 9.49 Å². The lowest BCUT2D eigenvalue weighted by Gasteiger charge is -2.13. The summed E-state index contributed by atoms with van der Waals surface area (Å²) in [5, 5.41) is 20.7. The molecule has 0 radical (unpaired) electrons. The van der Waals surface area contributed by atoms with Crippen molar-refractivity contribution < 1.29 is 9.90 Å². The van der Waals surface area contributed by atoms with Gasteiger partial charge in [-0.05, 0) is 45.0 Å². The average Bonchev–Trinajstić information content (AvgIpc) is 2.86. The van der Waals surface area contributed by atoms with Crippen LogP contribution in [0.1, 0.15) is 19.8 Å². The molecule has 0 aliphatic carbocycles. The van der Waals surface area contributed by atoms with Crippen molar-refractivity contribution in [2.24, 2.45) is 5.92 Å². The first-order valence-corrected chi connectivity index (χ1v) is 7.42. The van der Waals surface area contributed by atoms with Crippen LogP contribution in [0.2, 0.25) is 0 Å². The van der Waals surface area contributed by atoms with E-state index in [0.29, 0.717) is 12.4 Å². The largest absolute Gasteiger partial charge is 0.481 e. The number of tetrazole rings is 1. The minimum Gasteiger partial charge on any atom is -0.481 e. The van der Waals surface area contributed by atoms with Crippen LogP contribution in [-0.4, -0.2) is 31.3 Å². The van der Waals surface area contributed by atoms with Gasteiger partial charge in [-0.15, -0.1) is 5.10 Å². The maximum atomic E-state index is 10.8. The molecule has 2 rings (SSSR count). The summed E-state index contributed by atoms with van der Waals surface area (Å²) in [6, 6.07) is 7.84. The molecule has 0 saturated heterocycles. The number of halogens is 1. The zero-order valence-corrected chi connectivity index (χ0v) is 13.2. The van der Waals surface area contributed by atoms with E-state index in [1.807, 2.05) is 31.2 Å². The zero-order chi connectivity index (χ0) is 14.5. The number of nitrogens with zero attached hydrogens (tertiary/aromatic N) is 4. The highest BCUT2D eigenvalue weighted by molar-refractivity contribution is 14.1. The van der Waals surface area contributed by atoms with Crippen LogP contribution in [0.15, 0.2) is 24.3 Å². The molecule has 1 heterocycles. The quantitative estimate of drug-likeness (QED) is 0.772. The Balaban J connectivity index is 2.25. The van der Waals surface area contributed by atoms with Crippen LogP contribution in [0.25, 0.3) is 11.4 Å². The summed E-state index contributed by atoms with van der Waals surface area (Å²) in [6.07, 6.45) is 0.902. The second-order valence-electron chi connectivity index (χ2n) is 4.54. The van der Waals surface area contributed by atoms with E-state index in [1.54, 1.807) is 4.68 Å². The molecule has 106 valence electrons. The molecule has 1 aromatic heterocycles. The summed E-state index contributed by atoms with van der Waals surface area (Å²) in [5.41, 5.74) is 0.961. The Morgan fingerprint density at radius 3 is 2.85 bits per heavy atom. The fraction of sp³-hybridized carbons (Fsp3) is 0.385. The van der Waals surface area contributed by atoms with E-state index < -0.39 is 5.97 Å². The van der Waals surface area contributed by atoms with Gasteiger partial charge in [-0.3, -0.25) is 4.79 Å². The van der Waals surface area contributed by atoms with E-state index in [2.05, 4.69) is 38.1 Å². The van der Waals surface area contributed by atoms with Crippen LogP contribution in [0.3, 0.4) is 0 Å². The highest BCUT2D eigenvalue weighted by Crippen LogP contribution is 2.23. The van der Waals surface area contributed by atoms with Crippen LogP contribution in [0.5, 0.6) is 0 Å². The summed E-state index contributed by atoms with van der Waals surface area (Å²) in [4.78, 5) is 10.8. The molecule has 0 saturated carbocycles. The molecule has 1 unspecified atom stereocenters. The molecule has 0 aliphatic heterocycles. The van der Waals surface area contributed by atoms with Gasteiger partial charge in [0.15, 0.2) is 5.82 Å². The first-order valence-electron chi connectivity index (χ1n) is 6.34. The summed E-state index contributed by atoms with van der Waals surface area (Å²) < 4.78 is 2.75. The van der Waals surface area contributed by atoms with E-state index in [9.17, 15) is 4.79 Å². The lowest BCUT2D eigenvalue weighted by Crippen LogP contribution is -2.16. The van der Waals surface area contributed by atoms with Gasteiger partial charge in [0.1, 0.15) is 0 Å². The van der Waals surface area contributed by atoms with E-state index in [1.165, 1.54) is 0 Å². The number of carboxylic acid groups (broad SMARTS) is 1. The molecular weight excluding hydrogens is 371 g/mol. The molecule has 20 heavy (non-hydrogen) atoms. The Morgan fingerprint density at radius 1 is 1.45 bits per heavy atom. The van der Waals surface area contributed by atoms with Gasteiger partial charge >= 0.3 is 5.97 Å². The van der Waals surface area contributed by atoms with Gasteiger partial charge in [0.05, 0.1) is 0 Å². The smallest absolute Gasteiger partial charge is 0.303 e. The average molecular weight is 386 g/mol. The molecular formula is C13H15IN4O2. The minimum absolute atomic E-state index is 0.0242. The second-order valence-corrected chi connectivity index (χ2v) is 5.70. The van der Waals surface area contributed by atoms with Gasteiger partial charge in [-0.25, -0.2) is 4.68 Å². The highest BCUT2D eigenvalue weighted by Gasteiger charge is 2.17. The third kappa shape index (κ3) is 3.53. The Labute approximate surface area is 130 Å².